The number of benzene rings is 1. The summed E-state index contributed by atoms with van der Waals surface area (Å²) in [6.45, 7) is 4.57. The van der Waals surface area contributed by atoms with Gasteiger partial charge in [0.05, 0.1) is 6.10 Å². The molecule has 4 N–H and O–H groups in total. The topological polar surface area (TPSA) is 73.4 Å². The van der Waals surface area contributed by atoms with Gasteiger partial charge in [-0.05, 0) is 25.5 Å². The molecule has 0 radical (unpaired) electrons. The number of hydrogen-bond donors (Lipinski definition) is 4. The van der Waals surface area contributed by atoms with Crippen molar-refractivity contribution in [3.8, 4) is 0 Å². The number of aryl methyl sites for hydroxylation is 1. The minimum absolute atomic E-state index is 0. The predicted octanol–water partition coefficient (Wildman–Crippen LogP) is 1.19. The Kier molecular flexibility index (Phi) is 7.50. The van der Waals surface area contributed by atoms with Gasteiger partial charge in [-0.15, -0.1) is 12.4 Å². The van der Waals surface area contributed by atoms with Crippen LogP contribution in [-0.2, 0) is 6.54 Å². The van der Waals surface area contributed by atoms with Gasteiger partial charge in [-0.2, -0.15) is 0 Å². The molecule has 21 heavy (non-hydrogen) atoms. The van der Waals surface area contributed by atoms with Crippen molar-refractivity contribution in [2.75, 3.05) is 19.6 Å². The van der Waals surface area contributed by atoms with Crippen molar-refractivity contribution in [3.63, 3.8) is 0 Å². The molecule has 0 aliphatic carbocycles. The highest BCUT2D eigenvalue weighted by atomic mass is 35.5. The number of aliphatic hydroxyl groups excluding tert-OH is 1. The summed E-state index contributed by atoms with van der Waals surface area (Å²) < 4.78 is 0. The van der Waals surface area contributed by atoms with E-state index < -0.39 is 0 Å². The van der Waals surface area contributed by atoms with E-state index in [1.807, 2.05) is 31.2 Å². The van der Waals surface area contributed by atoms with Crippen LogP contribution in [0, 0.1) is 12.8 Å². The molecule has 0 aromatic heterocycles. The lowest BCUT2D eigenvalue weighted by Gasteiger charge is -2.28. The van der Waals surface area contributed by atoms with Crippen LogP contribution in [0.1, 0.15) is 17.5 Å². The molecule has 1 aromatic rings. The van der Waals surface area contributed by atoms with Crippen LogP contribution in [-0.4, -0.2) is 36.9 Å². The number of carbonyl (C=O) groups is 1. The molecule has 1 aliphatic heterocycles. The Hall–Kier alpha value is -1.30. The van der Waals surface area contributed by atoms with E-state index in [-0.39, 0.29) is 30.5 Å². The summed E-state index contributed by atoms with van der Waals surface area (Å²) in [5, 5.41) is 18.6. The number of hydrogen-bond acceptors (Lipinski definition) is 3. The van der Waals surface area contributed by atoms with Gasteiger partial charge in [0, 0.05) is 25.6 Å². The molecule has 0 bridgehead atoms. The number of nitrogens with one attached hydrogen (secondary N) is 3. The molecule has 0 saturated carbocycles. The molecule has 0 unspecified atom stereocenters. The van der Waals surface area contributed by atoms with Crippen molar-refractivity contribution in [1.29, 1.82) is 0 Å². The van der Waals surface area contributed by atoms with Crippen molar-refractivity contribution in [1.82, 2.24) is 16.0 Å². The maximum absolute atomic E-state index is 11.7. The molecule has 1 heterocycles. The van der Waals surface area contributed by atoms with E-state index in [4.69, 9.17) is 0 Å². The third kappa shape index (κ3) is 5.91. The van der Waals surface area contributed by atoms with Crippen molar-refractivity contribution in [3.05, 3.63) is 35.4 Å². The smallest absolute Gasteiger partial charge is 0.315 e. The SMILES string of the molecule is Cc1ccc(CNC(=O)NC[C@@H]2CCNC[C@H]2O)cc1.Cl. The molecule has 1 saturated heterocycles. The van der Waals surface area contributed by atoms with Crippen molar-refractivity contribution < 1.29 is 9.90 Å². The summed E-state index contributed by atoms with van der Waals surface area (Å²) in [4.78, 5) is 11.7. The standard InChI is InChI=1S/C15H23N3O2.ClH/c1-11-2-4-12(5-3-11)8-17-15(20)18-9-13-6-7-16-10-14(13)19;/h2-5,13-14,16,19H,6-10H2,1H3,(H2,17,18,20);1H/t13-,14+;/m0./s1. The summed E-state index contributed by atoms with van der Waals surface area (Å²) in [7, 11) is 0. The van der Waals surface area contributed by atoms with Gasteiger partial charge in [0.2, 0.25) is 0 Å². The number of amides is 2. The van der Waals surface area contributed by atoms with E-state index in [1.54, 1.807) is 0 Å². The molecule has 2 amide bonds. The number of urea groups is 1. The number of rotatable bonds is 4. The molecule has 5 nitrogen and oxygen atoms in total. The molecule has 118 valence electrons. The van der Waals surface area contributed by atoms with Gasteiger partial charge in [-0.1, -0.05) is 29.8 Å². The Bertz CT molecular complexity index is 439. The van der Waals surface area contributed by atoms with E-state index >= 15 is 0 Å². The molecule has 0 spiro atoms. The van der Waals surface area contributed by atoms with Gasteiger partial charge in [-0.3, -0.25) is 0 Å². The summed E-state index contributed by atoms with van der Waals surface area (Å²) in [5.41, 5.74) is 2.28. The Morgan fingerprint density at radius 3 is 2.71 bits per heavy atom. The van der Waals surface area contributed by atoms with Crippen molar-refractivity contribution in [2.24, 2.45) is 5.92 Å². The molecule has 2 atom stereocenters. The number of β-amino-alcohol motifs (C(OH)–C–C–N with tert-alkyl or cyclic N) is 1. The molecule has 1 fully saturated rings. The zero-order chi connectivity index (χ0) is 14.4. The largest absolute Gasteiger partial charge is 0.391 e. The van der Waals surface area contributed by atoms with Gasteiger partial charge in [-0.25, -0.2) is 4.79 Å². The summed E-state index contributed by atoms with van der Waals surface area (Å²) in [5.74, 6) is 0.140. The van der Waals surface area contributed by atoms with Crippen molar-refractivity contribution >= 4 is 18.4 Å². The van der Waals surface area contributed by atoms with Crippen molar-refractivity contribution in [2.45, 2.75) is 26.0 Å². The van der Waals surface area contributed by atoms with E-state index in [0.29, 0.717) is 19.6 Å². The number of halogens is 1. The second kappa shape index (κ2) is 8.87. The minimum atomic E-state index is -0.374. The normalized spacial score (nSPS) is 21.2. The Labute approximate surface area is 131 Å². The first-order valence-electron chi connectivity index (χ1n) is 7.11. The monoisotopic (exact) mass is 313 g/mol. The minimum Gasteiger partial charge on any atom is -0.391 e. The quantitative estimate of drug-likeness (QED) is 0.674. The zero-order valence-corrected chi connectivity index (χ0v) is 13.1. The molecule has 1 aliphatic rings. The van der Waals surface area contributed by atoms with E-state index in [0.717, 1.165) is 18.5 Å². The number of aliphatic hydroxyl groups is 1. The third-order valence-electron chi connectivity index (χ3n) is 3.69. The first-order chi connectivity index (χ1) is 9.65. The van der Waals surface area contributed by atoms with Gasteiger partial charge in [0.15, 0.2) is 0 Å². The van der Waals surface area contributed by atoms with E-state index in [2.05, 4.69) is 16.0 Å². The Balaban J connectivity index is 0.00000220. The van der Waals surface area contributed by atoms with Crippen LogP contribution in [0.3, 0.4) is 0 Å². The predicted molar refractivity (Wildman–Crippen MR) is 85.6 cm³/mol. The van der Waals surface area contributed by atoms with Crippen LogP contribution in [0.4, 0.5) is 4.79 Å². The average Bonchev–Trinajstić information content (AvgIpc) is 2.46. The molecule has 2 rings (SSSR count). The number of piperidine rings is 1. The molecular formula is C15H24ClN3O2. The maximum atomic E-state index is 11.7. The first kappa shape index (κ1) is 17.8. The Morgan fingerprint density at radius 2 is 2.05 bits per heavy atom. The first-order valence-corrected chi connectivity index (χ1v) is 7.11. The van der Waals surface area contributed by atoms with Crippen LogP contribution in [0.25, 0.3) is 0 Å². The highest BCUT2D eigenvalue weighted by Gasteiger charge is 2.22. The van der Waals surface area contributed by atoms with Gasteiger partial charge in [0.1, 0.15) is 0 Å². The average molecular weight is 314 g/mol. The Morgan fingerprint density at radius 1 is 1.33 bits per heavy atom. The van der Waals surface area contributed by atoms with Gasteiger partial charge >= 0.3 is 6.03 Å². The van der Waals surface area contributed by atoms with E-state index in [1.165, 1.54) is 5.56 Å². The van der Waals surface area contributed by atoms with Crippen LogP contribution in [0.5, 0.6) is 0 Å². The second-order valence-electron chi connectivity index (χ2n) is 5.37. The fraction of sp³-hybridized carbons (Fsp3) is 0.533. The van der Waals surface area contributed by atoms with E-state index in [9.17, 15) is 9.90 Å². The summed E-state index contributed by atoms with van der Waals surface area (Å²) in [6.07, 6.45) is 0.514. The third-order valence-corrected chi connectivity index (χ3v) is 3.69. The zero-order valence-electron chi connectivity index (χ0n) is 12.3. The lowest BCUT2D eigenvalue weighted by Crippen LogP contribution is -2.47. The van der Waals surface area contributed by atoms with Gasteiger partial charge in [0.25, 0.3) is 0 Å². The van der Waals surface area contributed by atoms with Crippen LogP contribution in [0.2, 0.25) is 0 Å². The molecule has 1 aromatic carbocycles. The van der Waals surface area contributed by atoms with Crippen LogP contribution in [0.15, 0.2) is 24.3 Å². The van der Waals surface area contributed by atoms with Crippen LogP contribution >= 0.6 is 12.4 Å². The summed E-state index contributed by atoms with van der Waals surface area (Å²) in [6, 6.07) is 7.88. The molecule has 6 heteroatoms. The fourth-order valence-corrected chi connectivity index (χ4v) is 2.31. The second-order valence-corrected chi connectivity index (χ2v) is 5.37. The summed E-state index contributed by atoms with van der Waals surface area (Å²) >= 11 is 0. The highest BCUT2D eigenvalue weighted by molar-refractivity contribution is 5.85. The molecular weight excluding hydrogens is 290 g/mol. The highest BCUT2D eigenvalue weighted by Crippen LogP contribution is 2.10. The number of carbonyl (C=O) groups excluding carboxylic acids is 1. The van der Waals surface area contributed by atoms with Gasteiger partial charge < -0.3 is 21.1 Å². The lowest BCUT2D eigenvalue weighted by atomic mass is 9.95. The lowest BCUT2D eigenvalue weighted by molar-refractivity contribution is 0.0827. The maximum Gasteiger partial charge on any atom is 0.315 e. The fourth-order valence-electron chi connectivity index (χ4n) is 2.31. The van der Waals surface area contributed by atoms with Crippen LogP contribution < -0.4 is 16.0 Å².